The van der Waals surface area contributed by atoms with Gasteiger partial charge in [0.15, 0.2) is 5.82 Å². The number of nitrogens with one attached hydrogen (secondary N) is 1. The lowest BCUT2D eigenvalue weighted by atomic mass is 10.1. The zero-order valence-electron chi connectivity index (χ0n) is 23.9. The van der Waals surface area contributed by atoms with Gasteiger partial charge in [-0.25, -0.2) is 14.8 Å². The Morgan fingerprint density at radius 2 is 1.65 bits per heavy atom. The zero-order chi connectivity index (χ0) is 31.2. The van der Waals surface area contributed by atoms with Gasteiger partial charge in [-0.05, 0) is 13.3 Å². The van der Waals surface area contributed by atoms with E-state index in [1.165, 1.54) is 9.80 Å². The molecule has 15 heteroatoms. The summed E-state index contributed by atoms with van der Waals surface area (Å²) in [5.74, 6) is -1.18. The summed E-state index contributed by atoms with van der Waals surface area (Å²) >= 11 is 0. The highest BCUT2D eigenvalue weighted by atomic mass is 16.6. The van der Waals surface area contributed by atoms with E-state index in [9.17, 15) is 24.3 Å². The van der Waals surface area contributed by atoms with Crippen LogP contribution in [0.3, 0.4) is 0 Å². The predicted molar refractivity (Wildman–Crippen MR) is 152 cm³/mol. The van der Waals surface area contributed by atoms with Gasteiger partial charge in [-0.3, -0.25) is 19.2 Å². The lowest BCUT2D eigenvalue weighted by Crippen LogP contribution is -2.56. The Hall–Kier alpha value is -4.79. The number of hydrogen-bond donors (Lipinski definition) is 3. The third-order valence-electron chi connectivity index (χ3n) is 6.68. The van der Waals surface area contributed by atoms with Gasteiger partial charge in [0.2, 0.25) is 5.91 Å². The molecule has 3 N–H and O–H groups in total. The molecule has 0 bridgehead atoms. The van der Waals surface area contributed by atoms with Gasteiger partial charge in [-0.2, -0.15) is 0 Å². The van der Waals surface area contributed by atoms with E-state index in [4.69, 9.17) is 19.4 Å². The molecule has 2 fully saturated rings. The molecule has 1 atom stereocenters. The quantitative estimate of drug-likeness (QED) is 0.346. The highest BCUT2D eigenvalue weighted by Gasteiger charge is 2.31. The third-order valence-corrected chi connectivity index (χ3v) is 6.68. The van der Waals surface area contributed by atoms with Crippen LogP contribution in [-0.2, 0) is 23.9 Å². The van der Waals surface area contributed by atoms with E-state index in [1.54, 1.807) is 13.0 Å². The number of carboxylic acids is 1. The standard InChI is InChI=1S/C27H34N6O7.CH2O2/c1-2-40-27(38)33-12-10-32(11-13-33)26(37)20(8-9-23(34)35)29-25(36)21-18-22(31-14-16-39-17-15-31)30-24(28-21)19-6-4-3-5-7-19;2-1-3/h3-7,18,20H,2,8-17H2,1H3,(H,29,36)(H,34,35);1H,(H,2,3). The van der Waals surface area contributed by atoms with Gasteiger partial charge in [-0.1, -0.05) is 30.3 Å². The summed E-state index contributed by atoms with van der Waals surface area (Å²) in [6, 6.07) is 9.74. The highest BCUT2D eigenvalue weighted by Crippen LogP contribution is 2.21. The number of amides is 3. The molecule has 232 valence electrons. The molecule has 1 aromatic carbocycles. The number of aromatic nitrogens is 2. The fourth-order valence-corrected chi connectivity index (χ4v) is 4.52. The summed E-state index contributed by atoms with van der Waals surface area (Å²) in [5.41, 5.74) is 0.792. The molecule has 15 nitrogen and oxygen atoms in total. The number of rotatable bonds is 9. The van der Waals surface area contributed by atoms with Crippen molar-refractivity contribution >= 4 is 36.2 Å². The molecule has 0 spiro atoms. The van der Waals surface area contributed by atoms with Crippen molar-refractivity contribution in [2.24, 2.45) is 0 Å². The second-order valence-electron chi connectivity index (χ2n) is 9.48. The highest BCUT2D eigenvalue weighted by molar-refractivity contribution is 5.97. The molecule has 1 unspecified atom stereocenters. The second kappa shape index (κ2) is 16.6. The molecule has 3 heterocycles. The van der Waals surface area contributed by atoms with Crippen LogP contribution in [-0.4, -0.2) is 125 Å². The lowest BCUT2D eigenvalue weighted by molar-refractivity contribution is -0.138. The fraction of sp³-hybridized carbons (Fsp3) is 0.464. The van der Waals surface area contributed by atoms with Crippen molar-refractivity contribution in [1.29, 1.82) is 0 Å². The Morgan fingerprint density at radius 3 is 2.26 bits per heavy atom. The van der Waals surface area contributed by atoms with E-state index in [0.717, 1.165) is 5.56 Å². The van der Waals surface area contributed by atoms with Crippen LogP contribution in [0.1, 0.15) is 30.3 Å². The largest absolute Gasteiger partial charge is 0.483 e. The summed E-state index contributed by atoms with van der Waals surface area (Å²) < 4.78 is 10.5. The van der Waals surface area contributed by atoms with Gasteiger partial charge < -0.3 is 39.7 Å². The number of carbonyl (C=O) groups excluding carboxylic acids is 3. The van der Waals surface area contributed by atoms with Gasteiger partial charge >= 0.3 is 12.1 Å². The Morgan fingerprint density at radius 1 is 1.02 bits per heavy atom. The summed E-state index contributed by atoms with van der Waals surface area (Å²) in [7, 11) is 0. The molecule has 3 amide bonds. The molecule has 2 aromatic rings. The Balaban J connectivity index is 0.00000162. The number of piperazine rings is 1. The van der Waals surface area contributed by atoms with Crippen LogP contribution in [0.25, 0.3) is 11.4 Å². The van der Waals surface area contributed by atoms with Crippen molar-refractivity contribution in [1.82, 2.24) is 25.1 Å². The van der Waals surface area contributed by atoms with Crippen molar-refractivity contribution < 1.29 is 43.7 Å². The van der Waals surface area contributed by atoms with Gasteiger partial charge in [0.05, 0.1) is 19.8 Å². The van der Waals surface area contributed by atoms with Crippen molar-refractivity contribution in [3.8, 4) is 11.4 Å². The number of ether oxygens (including phenoxy) is 2. The normalized spacial score (nSPS) is 15.4. The van der Waals surface area contributed by atoms with Crippen LogP contribution in [0.4, 0.5) is 10.6 Å². The number of aliphatic carboxylic acids is 1. The van der Waals surface area contributed by atoms with Crippen LogP contribution < -0.4 is 10.2 Å². The van der Waals surface area contributed by atoms with E-state index in [-0.39, 0.29) is 57.8 Å². The number of nitrogens with zero attached hydrogens (tertiary/aromatic N) is 5. The van der Waals surface area contributed by atoms with E-state index in [2.05, 4.69) is 15.3 Å². The van der Waals surface area contributed by atoms with Gasteiger partial charge in [-0.15, -0.1) is 0 Å². The van der Waals surface area contributed by atoms with E-state index >= 15 is 0 Å². The SMILES string of the molecule is CCOC(=O)N1CCN(C(=O)C(CCC(=O)O)NC(=O)c2cc(N3CCOCC3)nc(-c3ccccc3)n2)CC1.O=CO. The molecule has 0 saturated carbocycles. The van der Waals surface area contributed by atoms with Crippen LogP contribution in [0.15, 0.2) is 36.4 Å². The smallest absolute Gasteiger partial charge is 0.409 e. The first-order valence-electron chi connectivity index (χ1n) is 13.9. The summed E-state index contributed by atoms with van der Waals surface area (Å²) in [5, 5.41) is 18.9. The first-order valence-corrected chi connectivity index (χ1v) is 13.9. The van der Waals surface area contributed by atoms with Gasteiger partial charge in [0.25, 0.3) is 12.4 Å². The number of benzene rings is 1. The van der Waals surface area contributed by atoms with Crippen LogP contribution >= 0.6 is 0 Å². The van der Waals surface area contributed by atoms with E-state index in [1.807, 2.05) is 35.2 Å². The van der Waals surface area contributed by atoms with Crippen molar-refractivity contribution in [2.45, 2.75) is 25.8 Å². The number of carboxylic acid groups (broad SMARTS) is 2. The average molecular weight is 601 g/mol. The Labute approximate surface area is 248 Å². The summed E-state index contributed by atoms with van der Waals surface area (Å²) in [6.45, 7) is 5.02. The molecule has 4 rings (SSSR count). The topological polar surface area (TPSA) is 192 Å². The van der Waals surface area contributed by atoms with Crippen LogP contribution in [0, 0.1) is 0 Å². The van der Waals surface area contributed by atoms with Crippen molar-refractivity contribution in [3.05, 3.63) is 42.1 Å². The van der Waals surface area contributed by atoms with Crippen LogP contribution in [0.5, 0.6) is 0 Å². The monoisotopic (exact) mass is 600 g/mol. The minimum Gasteiger partial charge on any atom is -0.483 e. The Bertz CT molecular complexity index is 1250. The first-order chi connectivity index (χ1) is 20.8. The number of anilines is 1. The maximum atomic E-state index is 13.5. The molecule has 0 radical (unpaired) electrons. The van der Waals surface area contributed by atoms with Gasteiger partial charge in [0.1, 0.15) is 17.6 Å². The summed E-state index contributed by atoms with van der Waals surface area (Å²) in [4.78, 5) is 72.8. The molecule has 1 aromatic heterocycles. The number of carbonyl (C=O) groups is 5. The van der Waals surface area contributed by atoms with E-state index < -0.39 is 29.9 Å². The molecular formula is C28H36N6O9. The molecule has 2 aliphatic heterocycles. The molecule has 0 aliphatic carbocycles. The molecule has 2 saturated heterocycles. The van der Waals surface area contributed by atoms with Gasteiger partial charge in [0, 0.05) is 57.3 Å². The molecule has 2 aliphatic rings. The van der Waals surface area contributed by atoms with Crippen LogP contribution in [0.2, 0.25) is 0 Å². The third kappa shape index (κ3) is 9.63. The first kappa shape index (κ1) is 32.7. The minimum atomic E-state index is -1.08. The van der Waals surface area contributed by atoms with Crippen molar-refractivity contribution in [2.75, 3.05) is 64.0 Å². The molecular weight excluding hydrogens is 564 g/mol. The number of morpholine rings is 1. The van der Waals surface area contributed by atoms with E-state index in [0.29, 0.717) is 37.9 Å². The minimum absolute atomic E-state index is 0.0654. The Kier molecular flexibility index (Phi) is 12.6. The van der Waals surface area contributed by atoms with Crippen molar-refractivity contribution in [3.63, 3.8) is 0 Å². The number of hydrogen-bond acceptors (Lipinski definition) is 10. The maximum Gasteiger partial charge on any atom is 0.409 e. The predicted octanol–water partition coefficient (Wildman–Crippen LogP) is 0.945. The lowest BCUT2D eigenvalue weighted by Gasteiger charge is -2.36. The maximum absolute atomic E-state index is 13.5. The fourth-order valence-electron chi connectivity index (χ4n) is 4.52. The average Bonchev–Trinajstić information content (AvgIpc) is 3.03. The second-order valence-corrected chi connectivity index (χ2v) is 9.48. The summed E-state index contributed by atoms with van der Waals surface area (Å²) in [6.07, 6.45) is -0.845. The zero-order valence-corrected chi connectivity index (χ0v) is 23.9. The molecule has 43 heavy (non-hydrogen) atoms.